The standard InChI is InChI=1S/C14H24N2O3S2/c1-11(2)9-15-4-6-16(7-5-15)21(18,19)14-8-13(10-17)20-12(14)3/h8,11,17H,4-7,9-10H2,1-3H3. The number of aliphatic hydroxyl groups is 1. The summed E-state index contributed by atoms with van der Waals surface area (Å²) in [5, 5.41) is 9.17. The number of aryl methyl sites for hydroxylation is 1. The van der Waals surface area contributed by atoms with Crippen molar-refractivity contribution in [2.24, 2.45) is 5.92 Å². The second kappa shape index (κ2) is 6.75. The second-order valence-corrected chi connectivity index (χ2v) is 9.14. The van der Waals surface area contributed by atoms with Crippen LogP contribution in [0.2, 0.25) is 0 Å². The fraction of sp³-hybridized carbons (Fsp3) is 0.714. The molecule has 0 aliphatic carbocycles. The number of rotatable bonds is 5. The largest absolute Gasteiger partial charge is 0.391 e. The first kappa shape index (κ1) is 16.9. The number of sulfonamides is 1. The molecule has 1 saturated heterocycles. The molecule has 1 fully saturated rings. The van der Waals surface area contributed by atoms with Crippen LogP contribution < -0.4 is 0 Å². The van der Waals surface area contributed by atoms with E-state index >= 15 is 0 Å². The third-order valence-electron chi connectivity index (χ3n) is 3.65. The van der Waals surface area contributed by atoms with Gasteiger partial charge < -0.3 is 10.0 Å². The molecule has 0 unspecified atom stereocenters. The van der Waals surface area contributed by atoms with Gasteiger partial charge in [-0.15, -0.1) is 11.3 Å². The minimum absolute atomic E-state index is 0.108. The van der Waals surface area contributed by atoms with Gasteiger partial charge in [-0.05, 0) is 18.9 Å². The number of piperazine rings is 1. The monoisotopic (exact) mass is 332 g/mol. The highest BCUT2D eigenvalue weighted by molar-refractivity contribution is 7.89. The summed E-state index contributed by atoms with van der Waals surface area (Å²) in [6.45, 7) is 9.70. The summed E-state index contributed by atoms with van der Waals surface area (Å²) in [4.78, 5) is 4.12. The third kappa shape index (κ3) is 3.84. The first-order valence-electron chi connectivity index (χ1n) is 7.27. The summed E-state index contributed by atoms with van der Waals surface area (Å²) in [7, 11) is -3.43. The van der Waals surface area contributed by atoms with E-state index in [0.29, 0.717) is 28.8 Å². The van der Waals surface area contributed by atoms with E-state index in [1.807, 2.05) is 0 Å². The molecular formula is C14H24N2O3S2. The van der Waals surface area contributed by atoms with Crippen molar-refractivity contribution in [1.29, 1.82) is 0 Å². The van der Waals surface area contributed by atoms with E-state index in [2.05, 4.69) is 18.7 Å². The molecule has 0 atom stereocenters. The predicted molar refractivity (Wildman–Crippen MR) is 85.0 cm³/mol. The lowest BCUT2D eigenvalue weighted by Gasteiger charge is -2.34. The van der Waals surface area contributed by atoms with Crippen LogP contribution in [0.5, 0.6) is 0 Å². The molecule has 7 heteroatoms. The van der Waals surface area contributed by atoms with Gasteiger partial charge in [-0.2, -0.15) is 4.31 Å². The van der Waals surface area contributed by atoms with Crippen LogP contribution >= 0.6 is 11.3 Å². The molecule has 1 aliphatic heterocycles. The Bertz CT molecular complexity index is 573. The minimum atomic E-state index is -3.43. The van der Waals surface area contributed by atoms with E-state index in [9.17, 15) is 8.42 Å². The van der Waals surface area contributed by atoms with Crippen LogP contribution in [0.1, 0.15) is 23.6 Å². The molecule has 21 heavy (non-hydrogen) atoms. The van der Waals surface area contributed by atoms with Crippen molar-refractivity contribution in [3.8, 4) is 0 Å². The Morgan fingerprint density at radius 2 is 1.90 bits per heavy atom. The summed E-state index contributed by atoms with van der Waals surface area (Å²) < 4.78 is 27.0. The van der Waals surface area contributed by atoms with Gasteiger partial charge in [-0.25, -0.2) is 8.42 Å². The predicted octanol–water partition coefficient (Wildman–Crippen LogP) is 1.51. The highest BCUT2D eigenvalue weighted by atomic mass is 32.2. The zero-order valence-corrected chi connectivity index (χ0v) is 14.5. The number of hydrogen-bond donors (Lipinski definition) is 1. The summed E-state index contributed by atoms with van der Waals surface area (Å²) in [5.41, 5.74) is 0. The number of hydrogen-bond acceptors (Lipinski definition) is 5. The van der Waals surface area contributed by atoms with Gasteiger partial charge in [0.05, 0.1) is 11.5 Å². The lowest BCUT2D eigenvalue weighted by Crippen LogP contribution is -2.49. The second-order valence-electron chi connectivity index (χ2n) is 5.89. The number of nitrogens with zero attached hydrogens (tertiary/aromatic N) is 2. The van der Waals surface area contributed by atoms with Gasteiger partial charge in [0, 0.05) is 42.5 Å². The Kier molecular flexibility index (Phi) is 5.43. The molecule has 1 aliphatic rings. The molecule has 0 bridgehead atoms. The molecule has 2 heterocycles. The molecule has 0 aromatic carbocycles. The number of thiophene rings is 1. The highest BCUT2D eigenvalue weighted by Crippen LogP contribution is 2.28. The van der Waals surface area contributed by atoms with Gasteiger partial charge in [0.15, 0.2) is 0 Å². The molecule has 5 nitrogen and oxygen atoms in total. The van der Waals surface area contributed by atoms with Gasteiger partial charge in [0.2, 0.25) is 10.0 Å². The molecule has 0 radical (unpaired) electrons. The smallest absolute Gasteiger partial charge is 0.244 e. The molecule has 0 saturated carbocycles. The first-order valence-corrected chi connectivity index (χ1v) is 9.53. The Morgan fingerprint density at radius 3 is 2.38 bits per heavy atom. The molecule has 1 aromatic heterocycles. The average molecular weight is 332 g/mol. The Balaban J connectivity index is 2.09. The van der Waals surface area contributed by atoms with Crippen LogP contribution in [-0.4, -0.2) is 55.5 Å². The van der Waals surface area contributed by atoms with Crippen LogP contribution in [0.15, 0.2) is 11.0 Å². The van der Waals surface area contributed by atoms with Gasteiger partial charge in [-0.1, -0.05) is 13.8 Å². The van der Waals surface area contributed by atoms with Crippen molar-refractivity contribution in [1.82, 2.24) is 9.21 Å². The zero-order valence-electron chi connectivity index (χ0n) is 12.9. The summed E-state index contributed by atoms with van der Waals surface area (Å²) in [5.74, 6) is 0.597. The normalized spacial score (nSPS) is 18.5. The fourth-order valence-electron chi connectivity index (χ4n) is 2.67. The van der Waals surface area contributed by atoms with Gasteiger partial charge in [-0.3, -0.25) is 0 Å². The first-order chi connectivity index (χ1) is 9.84. The maximum atomic E-state index is 12.7. The van der Waals surface area contributed by atoms with Crippen molar-refractivity contribution in [3.05, 3.63) is 15.8 Å². The summed E-state index contributed by atoms with van der Waals surface area (Å²) in [6.07, 6.45) is 0. The molecular weight excluding hydrogens is 308 g/mol. The fourth-order valence-corrected chi connectivity index (χ4v) is 5.55. The number of aliphatic hydroxyl groups excluding tert-OH is 1. The van der Waals surface area contributed by atoms with Crippen molar-refractivity contribution < 1.29 is 13.5 Å². The molecule has 1 aromatic rings. The van der Waals surface area contributed by atoms with Crippen molar-refractivity contribution in [2.75, 3.05) is 32.7 Å². The van der Waals surface area contributed by atoms with E-state index in [0.717, 1.165) is 24.5 Å². The van der Waals surface area contributed by atoms with E-state index < -0.39 is 10.0 Å². The van der Waals surface area contributed by atoms with E-state index in [-0.39, 0.29) is 6.61 Å². The molecule has 1 N–H and O–H groups in total. The zero-order chi connectivity index (χ0) is 15.6. The minimum Gasteiger partial charge on any atom is -0.391 e. The van der Waals surface area contributed by atoms with Crippen LogP contribution in [-0.2, 0) is 16.6 Å². The van der Waals surface area contributed by atoms with E-state index in [4.69, 9.17) is 5.11 Å². The van der Waals surface area contributed by atoms with Gasteiger partial charge >= 0.3 is 0 Å². The lowest BCUT2D eigenvalue weighted by atomic mass is 10.2. The van der Waals surface area contributed by atoms with E-state index in [1.165, 1.54) is 11.3 Å². The maximum Gasteiger partial charge on any atom is 0.244 e. The van der Waals surface area contributed by atoms with Crippen molar-refractivity contribution >= 4 is 21.4 Å². The molecule has 0 spiro atoms. The topological polar surface area (TPSA) is 60.9 Å². The Hall–Kier alpha value is -0.470. The average Bonchev–Trinajstić information content (AvgIpc) is 2.81. The van der Waals surface area contributed by atoms with Crippen LogP contribution in [0, 0.1) is 12.8 Å². The van der Waals surface area contributed by atoms with Crippen LogP contribution in [0.3, 0.4) is 0 Å². The summed E-state index contributed by atoms with van der Waals surface area (Å²) in [6, 6.07) is 1.61. The van der Waals surface area contributed by atoms with Crippen molar-refractivity contribution in [3.63, 3.8) is 0 Å². The molecule has 2 rings (SSSR count). The van der Waals surface area contributed by atoms with Crippen molar-refractivity contribution in [2.45, 2.75) is 32.3 Å². The highest BCUT2D eigenvalue weighted by Gasteiger charge is 2.30. The van der Waals surface area contributed by atoms with Crippen LogP contribution in [0.25, 0.3) is 0 Å². The quantitative estimate of drug-likeness (QED) is 0.888. The molecule has 120 valence electrons. The maximum absolute atomic E-state index is 12.7. The van der Waals surface area contributed by atoms with Gasteiger partial charge in [0.25, 0.3) is 0 Å². The Labute approximate surface area is 131 Å². The SMILES string of the molecule is Cc1sc(CO)cc1S(=O)(=O)N1CCN(CC(C)C)CC1. The summed E-state index contributed by atoms with van der Waals surface area (Å²) >= 11 is 1.35. The van der Waals surface area contributed by atoms with Gasteiger partial charge in [0.1, 0.15) is 0 Å². The molecule has 0 amide bonds. The third-order valence-corrected chi connectivity index (χ3v) is 6.84. The lowest BCUT2D eigenvalue weighted by molar-refractivity contribution is 0.172. The van der Waals surface area contributed by atoms with E-state index in [1.54, 1.807) is 17.3 Å². The van der Waals surface area contributed by atoms with Crippen LogP contribution in [0.4, 0.5) is 0 Å². The Morgan fingerprint density at radius 1 is 1.29 bits per heavy atom.